The molecule has 0 bridgehead atoms. The van der Waals surface area contributed by atoms with Gasteiger partial charge in [-0.2, -0.15) is 5.23 Å². The predicted molar refractivity (Wildman–Crippen MR) is 100 cm³/mol. The van der Waals surface area contributed by atoms with Gasteiger partial charge in [-0.15, -0.1) is 0 Å². The third kappa shape index (κ3) is 3.44. The third-order valence-corrected chi connectivity index (χ3v) is 5.24. The Kier molecular flexibility index (Phi) is 4.89. The average Bonchev–Trinajstić information content (AvgIpc) is 3.11. The number of benzene rings is 1. The average molecular weight is 366 g/mol. The zero-order valence-electron chi connectivity index (χ0n) is 14.9. The molecule has 3 heterocycles. The van der Waals surface area contributed by atoms with Crippen molar-refractivity contribution in [3.8, 4) is 0 Å². The van der Waals surface area contributed by atoms with Crippen LogP contribution in [0, 0.1) is 5.21 Å². The predicted octanol–water partition coefficient (Wildman–Crippen LogP) is 2.19. The molecule has 3 aromatic rings. The van der Waals surface area contributed by atoms with Gasteiger partial charge in [0.05, 0.1) is 16.9 Å². The number of quaternary nitrogens is 1. The zero-order valence-corrected chi connectivity index (χ0v) is 14.9. The van der Waals surface area contributed by atoms with Gasteiger partial charge in [0.15, 0.2) is 5.69 Å². The highest BCUT2D eigenvalue weighted by Crippen LogP contribution is 2.31. The van der Waals surface area contributed by atoms with E-state index in [1.54, 1.807) is 30.6 Å². The molecule has 0 radical (unpaired) electrons. The van der Waals surface area contributed by atoms with E-state index in [4.69, 9.17) is 0 Å². The standard InChI is InChI=1S/C20H22N4O3/c25-20(23-11-2-1-6-17(23)15-5-4-10-21-13-15)14-22-12-9-16-18(22)7-3-8-19(16)24(26)27/h3-5,7-10,12-13,17,24,26H,1-2,6,11,14H2. The molecule has 1 aliphatic heterocycles. The number of fused-ring (bicyclic) bond motifs is 1. The number of carbonyl (C=O) groups is 1. The molecule has 140 valence electrons. The fourth-order valence-electron chi connectivity index (χ4n) is 3.93. The van der Waals surface area contributed by atoms with E-state index in [0.29, 0.717) is 5.39 Å². The number of rotatable bonds is 4. The number of hydrogen-bond acceptors (Lipinski definition) is 4. The highest BCUT2D eigenvalue weighted by molar-refractivity contribution is 5.90. The number of piperidine rings is 1. The van der Waals surface area contributed by atoms with Gasteiger partial charge in [-0.25, -0.2) is 5.21 Å². The Labute approximate surface area is 157 Å². The van der Waals surface area contributed by atoms with Gasteiger partial charge in [-0.1, -0.05) is 12.1 Å². The smallest absolute Gasteiger partial charge is 0.243 e. The Bertz CT molecular complexity index is 939. The van der Waals surface area contributed by atoms with Crippen molar-refractivity contribution in [3.63, 3.8) is 0 Å². The summed E-state index contributed by atoms with van der Waals surface area (Å²) in [6.45, 7) is 0.932. The second-order valence-corrected chi connectivity index (χ2v) is 6.87. The maximum atomic E-state index is 13.1. The van der Waals surface area contributed by atoms with Crippen molar-refractivity contribution in [1.29, 1.82) is 0 Å². The lowest BCUT2D eigenvalue weighted by Gasteiger charge is -2.36. The van der Waals surface area contributed by atoms with E-state index in [-0.39, 0.29) is 24.2 Å². The van der Waals surface area contributed by atoms with Crippen LogP contribution in [0.1, 0.15) is 30.9 Å². The van der Waals surface area contributed by atoms with Crippen molar-refractivity contribution in [3.05, 3.63) is 65.8 Å². The highest BCUT2D eigenvalue weighted by Gasteiger charge is 2.28. The third-order valence-electron chi connectivity index (χ3n) is 5.24. The summed E-state index contributed by atoms with van der Waals surface area (Å²) in [5.41, 5.74) is 2.08. The summed E-state index contributed by atoms with van der Waals surface area (Å²) in [5, 5.41) is 20.4. The number of hydrogen-bond donors (Lipinski definition) is 2. The van der Waals surface area contributed by atoms with Crippen LogP contribution in [0.5, 0.6) is 0 Å². The highest BCUT2D eigenvalue weighted by atomic mass is 16.8. The monoisotopic (exact) mass is 366 g/mol. The minimum Gasteiger partial charge on any atom is -0.595 e. The van der Waals surface area contributed by atoms with Crippen molar-refractivity contribution < 1.29 is 15.2 Å². The molecule has 4 rings (SSSR count). The summed E-state index contributed by atoms with van der Waals surface area (Å²) in [5.74, 6) is 0.0433. The molecule has 1 amide bonds. The van der Waals surface area contributed by atoms with E-state index in [1.807, 2.05) is 33.9 Å². The number of nitrogens with zero attached hydrogens (tertiary/aromatic N) is 3. The van der Waals surface area contributed by atoms with Crippen LogP contribution >= 0.6 is 0 Å². The summed E-state index contributed by atoms with van der Waals surface area (Å²) in [4.78, 5) is 19.2. The Balaban J connectivity index is 1.60. The van der Waals surface area contributed by atoms with Gasteiger partial charge in [0.1, 0.15) is 6.54 Å². The molecule has 7 nitrogen and oxygen atoms in total. The topological polar surface area (TPSA) is 85.9 Å². The first-order valence-corrected chi connectivity index (χ1v) is 9.15. The molecule has 1 fully saturated rings. The SMILES string of the molecule is O=C(Cn1ccc2c([NH+]([O-])O)cccc21)N1CCCCC1c1cccnc1. The Morgan fingerprint density at radius 1 is 1.26 bits per heavy atom. The molecular weight excluding hydrogens is 344 g/mol. The molecular formula is C20H22N4O3. The molecule has 0 spiro atoms. The summed E-state index contributed by atoms with van der Waals surface area (Å²) >= 11 is 0. The van der Waals surface area contributed by atoms with Crippen LogP contribution in [-0.4, -0.2) is 32.1 Å². The van der Waals surface area contributed by atoms with Gasteiger partial charge in [-0.05, 0) is 43.0 Å². The van der Waals surface area contributed by atoms with Crippen LogP contribution in [0.4, 0.5) is 5.69 Å². The quantitative estimate of drug-likeness (QED) is 0.693. The van der Waals surface area contributed by atoms with E-state index in [0.717, 1.165) is 36.9 Å². The minimum absolute atomic E-state index is 0.0433. The molecule has 1 saturated heterocycles. The Morgan fingerprint density at radius 3 is 2.93 bits per heavy atom. The largest absolute Gasteiger partial charge is 0.595 e. The maximum Gasteiger partial charge on any atom is 0.243 e. The molecule has 0 aliphatic carbocycles. The first-order chi connectivity index (χ1) is 13.1. The van der Waals surface area contributed by atoms with Crippen molar-refractivity contribution >= 4 is 22.5 Å². The first-order valence-electron chi connectivity index (χ1n) is 9.15. The Hall–Kier alpha value is -2.74. The van der Waals surface area contributed by atoms with E-state index < -0.39 is 5.23 Å². The molecule has 1 aromatic carbocycles. The lowest BCUT2D eigenvalue weighted by Crippen LogP contribution is -2.99. The summed E-state index contributed by atoms with van der Waals surface area (Å²) in [6.07, 6.45) is 8.39. The number of carbonyl (C=O) groups excluding carboxylic acids is 1. The van der Waals surface area contributed by atoms with Crippen molar-refractivity contribution in [2.45, 2.75) is 31.8 Å². The number of nitrogens with one attached hydrogen (secondary N) is 1. The fraction of sp³-hybridized carbons (Fsp3) is 0.300. The normalized spacial score (nSPS) is 18.6. The molecule has 2 N–H and O–H groups in total. The fourth-order valence-corrected chi connectivity index (χ4v) is 3.93. The van der Waals surface area contributed by atoms with Gasteiger partial charge in [-0.3, -0.25) is 9.78 Å². The van der Waals surface area contributed by atoms with Crippen LogP contribution in [0.25, 0.3) is 10.9 Å². The molecule has 2 atom stereocenters. The number of pyridine rings is 1. The van der Waals surface area contributed by atoms with E-state index in [9.17, 15) is 15.2 Å². The van der Waals surface area contributed by atoms with Crippen molar-refractivity contribution in [1.82, 2.24) is 14.5 Å². The molecule has 7 heteroatoms. The van der Waals surface area contributed by atoms with E-state index in [1.165, 1.54) is 0 Å². The second-order valence-electron chi connectivity index (χ2n) is 6.87. The van der Waals surface area contributed by atoms with E-state index in [2.05, 4.69) is 4.98 Å². The van der Waals surface area contributed by atoms with Crippen LogP contribution in [-0.2, 0) is 11.3 Å². The molecule has 2 aromatic heterocycles. The molecule has 1 aliphatic rings. The molecule has 0 saturated carbocycles. The van der Waals surface area contributed by atoms with Crippen LogP contribution in [0.15, 0.2) is 55.0 Å². The zero-order chi connectivity index (χ0) is 18.8. The number of aromatic nitrogens is 2. The van der Waals surface area contributed by atoms with Gasteiger partial charge < -0.3 is 14.7 Å². The summed E-state index contributed by atoms with van der Waals surface area (Å²) in [6, 6.07) is 10.9. The van der Waals surface area contributed by atoms with Crippen molar-refractivity contribution in [2.24, 2.45) is 0 Å². The lowest BCUT2D eigenvalue weighted by molar-refractivity contribution is -0.990. The molecule has 2 unspecified atom stereocenters. The maximum absolute atomic E-state index is 13.1. The second kappa shape index (κ2) is 7.48. The number of amides is 1. The number of likely N-dealkylation sites (tertiary alicyclic amines) is 1. The first kappa shape index (κ1) is 17.7. The van der Waals surface area contributed by atoms with Gasteiger partial charge in [0.2, 0.25) is 5.91 Å². The molecule has 27 heavy (non-hydrogen) atoms. The van der Waals surface area contributed by atoms with Gasteiger partial charge in [0, 0.05) is 31.2 Å². The summed E-state index contributed by atoms with van der Waals surface area (Å²) in [7, 11) is 0. The van der Waals surface area contributed by atoms with Crippen LogP contribution < -0.4 is 5.23 Å². The van der Waals surface area contributed by atoms with E-state index >= 15 is 0 Å². The minimum atomic E-state index is -0.961. The van der Waals surface area contributed by atoms with Gasteiger partial charge >= 0.3 is 0 Å². The van der Waals surface area contributed by atoms with Crippen molar-refractivity contribution in [2.75, 3.05) is 6.54 Å². The van der Waals surface area contributed by atoms with Gasteiger partial charge in [0.25, 0.3) is 0 Å². The van der Waals surface area contributed by atoms with Crippen LogP contribution in [0.3, 0.4) is 0 Å². The van der Waals surface area contributed by atoms with Crippen LogP contribution in [0.2, 0.25) is 0 Å². The Morgan fingerprint density at radius 2 is 2.15 bits per heavy atom. The summed E-state index contributed by atoms with van der Waals surface area (Å²) < 4.78 is 1.83. The lowest BCUT2D eigenvalue weighted by atomic mass is 9.96.